The maximum absolute atomic E-state index is 11.7. The van der Waals surface area contributed by atoms with E-state index in [-0.39, 0.29) is 12.5 Å². The van der Waals surface area contributed by atoms with Crippen LogP contribution in [0.3, 0.4) is 0 Å². The molecule has 0 spiro atoms. The molecule has 130 valence electrons. The largest absolute Gasteiger partial charge is 0.492 e. The molecule has 0 saturated heterocycles. The number of methoxy groups -OCH3 is 1. The second-order valence-electron chi connectivity index (χ2n) is 5.51. The van der Waals surface area contributed by atoms with Crippen LogP contribution in [-0.2, 0) is 16.1 Å². The number of imidazole rings is 1. The van der Waals surface area contributed by atoms with Crippen LogP contribution >= 0.6 is 11.8 Å². The number of aromatic nitrogens is 2. The summed E-state index contributed by atoms with van der Waals surface area (Å²) >= 11 is 1.57. The first-order chi connectivity index (χ1) is 12.2. The molecule has 0 unspecified atom stereocenters. The number of carbonyl (C=O) groups excluding carboxylic acids is 1. The molecule has 3 aromatic rings. The highest BCUT2D eigenvalue weighted by atomic mass is 32.2. The Hall–Kier alpha value is -2.47. The lowest BCUT2D eigenvalue weighted by Gasteiger charge is -2.09. The quantitative estimate of drug-likeness (QED) is 0.367. The Balaban J connectivity index is 1.69. The Kier molecular flexibility index (Phi) is 5.60. The fourth-order valence-corrected chi connectivity index (χ4v) is 3.34. The molecule has 0 saturated carbocycles. The fourth-order valence-electron chi connectivity index (χ4n) is 2.51. The molecule has 0 aliphatic carbocycles. The second-order valence-corrected chi connectivity index (χ2v) is 6.57. The monoisotopic (exact) mass is 356 g/mol. The van der Waals surface area contributed by atoms with Crippen molar-refractivity contribution in [2.75, 3.05) is 19.5 Å². The van der Waals surface area contributed by atoms with Gasteiger partial charge in [0.2, 0.25) is 0 Å². The third-order valence-electron chi connectivity index (χ3n) is 3.80. The number of fused-ring (bicyclic) bond motifs is 1. The van der Waals surface area contributed by atoms with Crippen LogP contribution in [0, 0.1) is 6.92 Å². The minimum atomic E-state index is -0.291. The average molecular weight is 356 g/mol. The van der Waals surface area contributed by atoms with Gasteiger partial charge in [0.25, 0.3) is 0 Å². The number of thioether (sulfide) groups is 1. The van der Waals surface area contributed by atoms with E-state index in [4.69, 9.17) is 9.47 Å². The number of carbonyl (C=O) groups is 1. The van der Waals surface area contributed by atoms with Crippen molar-refractivity contribution >= 4 is 28.8 Å². The summed E-state index contributed by atoms with van der Waals surface area (Å²) in [6.45, 7) is 2.74. The topological polar surface area (TPSA) is 53.4 Å². The third kappa shape index (κ3) is 4.14. The van der Waals surface area contributed by atoms with Gasteiger partial charge < -0.3 is 14.0 Å². The van der Waals surface area contributed by atoms with Crippen molar-refractivity contribution in [1.82, 2.24) is 9.55 Å². The Bertz CT molecular complexity index is 876. The van der Waals surface area contributed by atoms with Crippen molar-refractivity contribution in [1.29, 1.82) is 0 Å². The average Bonchev–Trinajstić information content (AvgIpc) is 2.97. The summed E-state index contributed by atoms with van der Waals surface area (Å²) in [4.78, 5) is 16.3. The lowest BCUT2D eigenvalue weighted by atomic mass is 10.2. The van der Waals surface area contributed by atoms with E-state index >= 15 is 0 Å². The molecule has 0 fully saturated rings. The molecule has 0 atom stereocenters. The number of rotatable bonds is 7. The maximum Gasteiger partial charge on any atom is 0.325 e. The van der Waals surface area contributed by atoms with Gasteiger partial charge in [-0.05, 0) is 30.7 Å². The molecular formula is C19H20N2O3S. The fraction of sp³-hybridized carbons (Fsp3) is 0.263. The van der Waals surface area contributed by atoms with Gasteiger partial charge in [-0.2, -0.15) is 0 Å². The second kappa shape index (κ2) is 8.07. The Morgan fingerprint density at radius 2 is 1.92 bits per heavy atom. The first kappa shape index (κ1) is 17.4. The zero-order valence-corrected chi connectivity index (χ0v) is 15.1. The molecular weight excluding hydrogens is 336 g/mol. The van der Waals surface area contributed by atoms with E-state index in [9.17, 15) is 4.79 Å². The number of esters is 1. The van der Waals surface area contributed by atoms with Crippen LogP contribution in [0.2, 0.25) is 0 Å². The molecule has 0 radical (unpaired) electrons. The van der Waals surface area contributed by atoms with E-state index in [1.165, 1.54) is 7.11 Å². The lowest BCUT2D eigenvalue weighted by Crippen LogP contribution is -2.12. The van der Waals surface area contributed by atoms with Gasteiger partial charge >= 0.3 is 5.97 Å². The van der Waals surface area contributed by atoms with Crippen molar-refractivity contribution in [2.45, 2.75) is 18.6 Å². The number of benzene rings is 2. The summed E-state index contributed by atoms with van der Waals surface area (Å²) in [5, 5.41) is 0.792. The van der Waals surface area contributed by atoms with Crippen LogP contribution in [0.5, 0.6) is 5.75 Å². The van der Waals surface area contributed by atoms with E-state index in [1.807, 2.05) is 60.0 Å². The Labute approximate surface area is 151 Å². The normalized spacial score (nSPS) is 10.8. The highest BCUT2D eigenvalue weighted by molar-refractivity contribution is 7.99. The van der Waals surface area contributed by atoms with Gasteiger partial charge in [-0.15, -0.1) is 0 Å². The third-order valence-corrected chi connectivity index (χ3v) is 4.74. The standard InChI is InChI=1S/C19H20N2O3S/c1-14-7-3-6-10-17(14)24-11-12-25-19-20-15-8-4-5-9-16(15)21(19)13-18(22)23-2/h3-10H,11-13H2,1-2H3. The maximum atomic E-state index is 11.7. The van der Waals surface area contributed by atoms with Crippen molar-refractivity contribution in [3.63, 3.8) is 0 Å². The SMILES string of the molecule is COC(=O)Cn1c(SCCOc2ccccc2C)nc2ccccc21. The molecule has 2 aromatic carbocycles. The molecule has 25 heavy (non-hydrogen) atoms. The number of ether oxygens (including phenoxy) is 2. The van der Waals surface area contributed by atoms with E-state index in [2.05, 4.69) is 4.98 Å². The first-order valence-electron chi connectivity index (χ1n) is 8.02. The smallest absolute Gasteiger partial charge is 0.325 e. The van der Waals surface area contributed by atoms with Crippen molar-refractivity contribution in [2.24, 2.45) is 0 Å². The molecule has 5 nitrogen and oxygen atoms in total. The van der Waals surface area contributed by atoms with Crippen LogP contribution < -0.4 is 4.74 Å². The van der Waals surface area contributed by atoms with E-state index in [0.717, 1.165) is 33.3 Å². The number of hydrogen-bond acceptors (Lipinski definition) is 5. The summed E-state index contributed by atoms with van der Waals surface area (Å²) in [6, 6.07) is 15.7. The molecule has 0 N–H and O–H groups in total. The van der Waals surface area contributed by atoms with Gasteiger partial charge in [-0.25, -0.2) is 4.98 Å². The lowest BCUT2D eigenvalue weighted by molar-refractivity contribution is -0.141. The number of para-hydroxylation sites is 3. The molecule has 0 aliphatic heterocycles. The van der Waals surface area contributed by atoms with Crippen LogP contribution in [0.1, 0.15) is 5.56 Å². The van der Waals surface area contributed by atoms with E-state index in [1.54, 1.807) is 11.8 Å². The number of aryl methyl sites for hydroxylation is 1. The van der Waals surface area contributed by atoms with Gasteiger partial charge in [-0.1, -0.05) is 42.1 Å². The van der Waals surface area contributed by atoms with Crippen LogP contribution in [0.4, 0.5) is 0 Å². The van der Waals surface area contributed by atoms with Crippen molar-refractivity contribution in [3.8, 4) is 5.75 Å². The summed E-state index contributed by atoms with van der Waals surface area (Å²) in [6.07, 6.45) is 0. The summed E-state index contributed by atoms with van der Waals surface area (Å²) < 4.78 is 12.5. The number of hydrogen-bond donors (Lipinski definition) is 0. The summed E-state index contributed by atoms with van der Waals surface area (Å²) in [5.41, 5.74) is 2.91. The predicted molar refractivity (Wildman–Crippen MR) is 99.1 cm³/mol. The molecule has 1 heterocycles. The molecule has 0 amide bonds. The Morgan fingerprint density at radius 1 is 1.16 bits per heavy atom. The van der Waals surface area contributed by atoms with E-state index in [0.29, 0.717) is 6.61 Å². The Morgan fingerprint density at radius 3 is 2.72 bits per heavy atom. The first-order valence-corrected chi connectivity index (χ1v) is 9.01. The van der Waals surface area contributed by atoms with E-state index < -0.39 is 0 Å². The van der Waals surface area contributed by atoms with Crippen LogP contribution in [0.25, 0.3) is 11.0 Å². The molecule has 6 heteroatoms. The highest BCUT2D eigenvalue weighted by Gasteiger charge is 2.14. The zero-order chi connectivity index (χ0) is 17.6. The minimum absolute atomic E-state index is 0.151. The van der Waals surface area contributed by atoms with Gasteiger partial charge in [0.15, 0.2) is 5.16 Å². The van der Waals surface area contributed by atoms with Crippen LogP contribution in [0.15, 0.2) is 53.7 Å². The molecule has 1 aromatic heterocycles. The van der Waals surface area contributed by atoms with Crippen molar-refractivity contribution in [3.05, 3.63) is 54.1 Å². The van der Waals surface area contributed by atoms with Crippen molar-refractivity contribution < 1.29 is 14.3 Å². The molecule has 3 rings (SSSR count). The summed E-state index contributed by atoms with van der Waals surface area (Å²) in [7, 11) is 1.39. The zero-order valence-electron chi connectivity index (χ0n) is 14.3. The van der Waals surface area contributed by atoms with Gasteiger partial charge in [0.05, 0.1) is 24.8 Å². The minimum Gasteiger partial charge on any atom is -0.492 e. The number of nitrogens with zero attached hydrogens (tertiary/aromatic N) is 2. The molecule has 0 aliphatic rings. The molecule has 0 bridgehead atoms. The van der Waals surface area contributed by atoms with Gasteiger partial charge in [-0.3, -0.25) is 4.79 Å². The highest BCUT2D eigenvalue weighted by Crippen LogP contribution is 2.24. The van der Waals surface area contributed by atoms with Gasteiger partial charge in [0.1, 0.15) is 12.3 Å². The van der Waals surface area contributed by atoms with Gasteiger partial charge in [0, 0.05) is 5.75 Å². The summed E-state index contributed by atoms with van der Waals surface area (Å²) in [5.74, 6) is 1.34. The predicted octanol–water partition coefficient (Wildman–Crippen LogP) is 3.69. The van der Waals surface area contributed by atoms with Crippen LogP contribution in [-0.4, -0.2) is 35.0 Å².